The molecule has 0 amide bonds. The topological polar surface area (TPSA) is 17.1 Å². The number of rotatable bonds is 2. The van der Waals surface area contributed by atoms with E-state index in [0.29, 0.717) is 5.78 Å². The Kier molecular flexibility index (Phi) is 2.26. The van der Waals surface area contributed by atoms with E-state index in [-0.39, 0.29) is 0 Å². The molecule has 0 saturated heterocycles. The number of carbonyl (C=O) groups excluding carboxylic acids is 1. The molecule has 0 aromatic heterocycles. The third-order valence-corrected chi connectivity index (χ3v) is 2.41. The van der Waals surface area contributed by atoms with Gasteiger partial charge < -0.3 is 0 Å². The summed E-state index contributed by atoms with van der Waals surface area (Å²) in [6, 6.07) is 10.2. The van der Waals surface area contributed by atoms with Crippen LogP contribution in [0.15, 0.2) is 42.0 Å². The van der Waals surface area contributed by atoms with Crippen molar-refractivity contribution in [1.29, 1.82) is 0 Å². The summed E-state index contributed by atoms with van der Waals surface area (Å²) in [5, 5.41) is 0. The minimum Gasteiger partial charge on any atom is -0.295 e. The van der Waals surface area contributed by atoms with Gasteiger partial charge in [-0.05, 0) is 24.0 Å². The molecule has 1 nitrogen and oxygen atoms in total. The maximum atomic E-state index is 11.0. The maximum Gasteiger partial charge on any atom is 0.158 e. The van der Waals surface area contributed by atoms with Gasteiger partial charge in [-0.15, -0.1) is 0 Å². The molecule has 0 aliphatic heterocycles. The molecule has 66 valence electrons. The van der Waals surface area contributed by atoms with Crippen LogP contribution in [0.3, 0.4) is 0 Å². The largest absolute Gasteiger partial charge is 0.295 e. The van der Waals surface area contributed by atoms with E-state index >= 15 is 0 Å². The van der Waals surface area contributed by atoms with Crippen molar-refractivity contribution in [3.8, 4) is 0 Å². The SMILES string of the molecule is O=C1CCC1=CCc1ccccc1. The van der Waals surface area contributed by atoms with E-state index in [4.69, 9.17) is 0 Å². The minimum absolute atomic E-state index is 0.330. The molecule has 0 spiro atoms. The zero-order valence-electron chi connectivity index (χ0n) is 7.49. The van der Waals surface area contributed by atoms with Gasteiger partial charge in [0.15, 0.2) is 5.78 Å². The Bertz CT molecular complexity index is 335. The minimum atomic E-state index is 0.330. The first-order chi connectivity index (χ1) is 6.36. The fraction of sp³-hybridized carbons (Fsp3) is 0.250. The summed E-state index contributed by atoms with van der Waals surface area (Å²) in [6.07, 6.45) is 4.68. The molecule has 1 saturated carbocycles. The quantitative estimate of drug-likeness (QED) is 0.626. The van der Waals surface area contributed by atoms with Gasteiger partial charge in [0.1, 0.15) is 0 Å². The highest BCUT2D eigenvalue weighted by Crippen LogP contribution is 2.21. The number of carbonyl (C=O) groups is 1. The summed E-state index contributed by atoms with van der Waals surface area (Å²) in [5.74, 6) is 0.330. The first-order valence-electron chi connectivity index (χ1n) is 4.62. The average Bonchev–Trinajstić information content (AvgIpc) is 2.17. The molecule has 0 radical (unpaired) electrons. The van der Waals surface area contributed by atoms with Gasteiger partial charge in [0.2, 0.25) is 0 Å². The Morgan fingerprint density at radius 3 is 2.46 bits per heavy atom. The number of hydrogen-bond acceptors (Lipinski definition) is 1. The molecular formula is C12H12O. The molecule has 0 atom stereocenters. The lowest BCUT2D eigenvalue weighted by molar-refractivity contribution is -0.118. The van der Waals surface area contributed by atoms with Crippen LogP contribution in [0.5, 0.6) is 0 Å². The van der Waals surface area contributed by atoms with Crippen LogP contribution >= 0.6 is 0 Å². The molecule has 0 N–H and O–H groups in total. The second-order valence-electron chi connectivity index (χ2n) is 3.34. The molecule has 0 bridgehead atoms. The number of allylic oxidation sites excluding steroid dienone is 2. The van der Waals surface area contributed by atoms with Crippen LogP contribution in [0.4, 0.5) is 0 Å². The van der Waals surface area contributed by atoms with E-state index in [2.05, 4.69) is 18.2 Å². The van der Waals surface area contributed by atoms with Gasteiger partial charge in [0.05, 0.1) is 0 Å². The Balaban J connectivity index is 2.00. The van der Waals surface area contributed by atoms with Crippen molar-refractivity contribution in [3.05, 3.63) is 47.5 Å². The van der Waals surface area contributed by atoms with Gasteiger partial charge in [-0.2, -0.15) is 0 Å². The lowest BCUT2D eigenvalue weighted by Crippen LogP contribution is -2.14. The maximum absolute atomic E-state index is 11.0. The van der Waals surface area contributed by atoms with Gasteiger partial charge in [-0.3, -0.25) is 4.79 Å². The van der Waals surface area contributed by atoms with Crippen molar-refractivity contribution >= 4 is 5.78 Å². The Hall–Kier alpha value is -1.37. The van der Waals surface area contributed by atoms with Gasteiger partial charge in [-0.25, -0.2) is 0 Å². The fourth-order valence-corrected chi connectivity index (χ4v) is 1.44. The number of Topliss-reactive ketones (excluding diaryl/α,β-unsaturated/α-hetero) is 1. The summed E-state index contributed by atoms with van der Waals surface area (Å²) >= 11 is 0. The van der Waals surface area contributed by atoms with Crippen molar-refractivity contribution < 1.29 is 4.79 Å². The molecule has 1 heteroatoms. The van der Waals surface area contributed by atoms with Crippen LogP contribution in [0.25, 0.3) is 0 Å². The number of benzene rings is 1. The van der Waals surface area contributed by atoms with Crippen molar-refractivity contribution in [2.45, 2.75) is 19.3 Å². The average molecular weight is 172 g/mol. The smallest absolute Gasteiger partial charge is 0.158 e. The normalized spacial score (nSPS) is 18.8. The molecule has 1 aromatic rings. The highest BCUT2D eigenvalue weighted by molar-refractivity contribution is 6.01. The monoisotopic (exact) mass is 172 g/mol. The predicted octanol–water partition coefficient (Wildman–Crippen LogP) is 2.52. The van der Waals surface area contributed by atoms with E-state index in [9.17, 15) is 4.79 Å². The van der Waals surface area contributed by atoms with Crippen LogP contribution in [0.2, 0.25) is 0 Å². The van der Waals surface area contributed by atoms with Gasteiger partial charge in [-0.1, -0.05) is 36.4 Å². The van der Waals surface area contributed by atoms with Crippen LogP contribution in [-0.2, 0) is 11.2 Å². The lowest BCUT2D eigenvalue weighted by atomic mass is 9.89. The molecular weight excluding hydrogens is 160 g/mol. The molecule has 2 rings (SSSR count). The van der Waals surface area contributed by atoms with Gasteiger partial charge in [0, 0.05) is 6.42 Å². The van der Waals surface area contributed by atoms with Crippen LogP contribution in [0.1, 0.15) is 18.4 Å². The van der Waals surface area contributed by atoms with Crippen molar-refractivity contribution in [2.75, 3.05) is 0 Å². The molecule has 0 unspecified atom stereocenters. The third-order valence-electron chi connectivity index (χ3n) is 2.41. The standard InChI is InChI=1S/C12H12O/c13-12-9-8-11(12)7-6-10-4-2-1-3-5-10/h1-5,7H,6,8-9H2. The van der Waals surface area contributed by atoms with Crippen LogP contribution in [0, 0.1) is 0 Å². The Labute approximate surface area is 78.1 Å². The second kappa shape index (κ2) is 3.56. The summed E-state index contributed by atoms with van der Waals surface area (Å²) in [6.45, 7) is 0. The van der Waals surface area contributed by atoms with Crippen molar-refractivity contribution in [1.82, 2.24) is 0 Å². The van der Waals surface area contributed by atoms with E-state index in [0.717, 1.165) is 24.8 Å². The van der Waals surface area contributed by atoms with E-state index in [1.165, 1.54) is 5.56 Å². The first-order valence-corrected chi connectivity index (χ1v) is 4.62. The van der Waals surface area contributed by atoms with Gasteiger partial charge in [0.25, 0.3) is 0 Å². The Morgan fingerprint density at radius 2 is 1.92 bits per heavy atom. The zero-order chi connectivity index (χ0) is 9.10. The van der Waals surface area contributed by atoms with Crippen molar-refractivity contribution in [3.63, 3.8) is 0 Å². The summed E-state index contributed by atoms with van der Waals surface area (Å²) in [7, 11) is 0. The zero-order valence-corrected chi connectivity index (χ0v) is 7.49. The summed E-state index contributed by atoms with van der Waals surface area (Å²) in [4.78, 5) is 11.0. The lowest BCUT2D eigenvalue weighted by Gasteiger charge is -2.14. The molecule has 13 heavy (non-hydrogen) atoms. The second-order valence-corrected chi connectivity index (χ2v) is 3.34. The number of hydrogen-bond donors (Lipinski definition) is 0. The van der Waals surface area contributed by atoms with Gasteiger partial charge >= 0.3 is 0 Å². The summed E-state index contributed by atoms with van der Waals surface area (Å²) < 4.78 is 0. The molecule has 1 fully saturated rings. The third kappa shape index (κ3) is 1.86. The van der Waals surface area contributed by atoms with Crippen molar-refractivity contribution in [2.24, 2.45) is 0 Å². The first kappa shape index (κ1) is 8.24. The van der Waals surface area contributed by atoms with E-state index in [1.807, 2.05) is 18.2 Å². The van der Waals surface area contributed by atoms with Crippen LogP contribution in [-0.4, -0.2) is 5.78 Å². The van der Waals surface area contributed by atoms with E-state index < -0.39 is 0 Å². The molecule has 1 aromatic carbocycles. The highest BCUT2D eigenvalue weighted by atomic mass is 16.1. The van der Waals surface area contributed by atoms with Crippen LogP contribution < -0.4 is 0 Å². The fourth-order valence-electron chi connectivity index (χ4n) is 1.44. The number of ketones is 1. The molecule has 1 aliphatic carbocycles. The Morgan fingerprint density at radius 1 is 1.15 bits per heavy atom. The molecule has 0 heterocycles. The van der Waals surface area contributed by atoms with E-state index in [1.54, 1.807) is 0 Å². The predicted molar refractivity (Wildman–Crippen MR) is 52.5 cm³/mol. The molecule has 1 aliphatic rings. The highest BCUT2D eigenvalue weighted by Gasteiger charge is 2.18. The summed E-state index contributed by atoms with van der Waals surface area (Å²) in [5.41, 5.74) is 2.29.